The summed E-state index contributed by atoms with van der Waals surface area (Å²) in [5.41, 5.74) is 8.82. The van der Waals surface area contributed by atoms with Crippen LogP contribution in [0, 0.1) is 12.3 Å². The van der Waals surface area contributed by atoms with Gasteiger partial charge in [-0.15, -0.1) is 0 Å². The van der Waals surface area contributed by atoms with E-state index in [1.165, 1.54) is 5.56 Å². The predicted octanol–water partition coefficient (Wildman–Crippen LogP) is 3.21. The van der Waals surface area contributed by atoms with Crippen molar-refractivity contribution in [2.45, 2.75) is 46.0 Å². The summed E-state index contributed by atoms with van der Waals surface area (Å²) in [5, 5.41) is 0. The molecule has 0 amide bonds. The van der Waals surface area contributed by atoms with Crippen molar-refractivity contribution in [2.75, 3.05) is 6.54 Å². The molecule has 0 aliphatic heterocycles. The fraction of sp³-hybridized carbons (Fsp3) is 0.562. The number of aryl methyl sites for hydroxylation is 1. The van der Waals surface area contributed by atoms with E-state index >= 15 is 0 Å². The molecule has 1 aromatic carbocycles. The summed E-state index contributed by atoms with van der Waals surface area (Å²) in [6.45, 7) is 9.06. The van der Waals surface area contributed by atoms with E-state index < -0.39 is 0 Å². The van der Waals surface area contributed by atoms with Gasteiger partial charge in [-0.3, -0.25) is 4.79 Å². The summed E-state index contributed by atoms with van der Waals surface area (Å²) < 4.78 is 0. The van der Waals surface area contributed by atoms with Crippen LogP contribution in [0.1, 0.15) is 55.1 Å². The molecule has 18 heavy (non-hydrogen) atoms. The fourth-order valence-corrected chi connectivity index (χ4v) is 2.35. The summed E-state index contributed by atoms with van der Waals surface area (Å²) in [6.07, 6.45) is 1.89. The summed E-state index contributed by atoms with van der Waals surface area (Å²) in [7, 11) is 0. The van der Waals surface area contributed by atoms with Gasteiger partial charge in [-0.1, -0.05) is 39.0 Å². The first-order valence-electron chi connectivity index (χ1n) is 6.66. The van der Waals surface area contributed by atoms with E-state index in [4.69, 9.17) is 5.73 Å². The number of ketones is 1. The zero-order chi connectivity index (χ0) is 13.6. The lowest BCUT2D eigenvalue weighted by Gasteiger charge is -2.21. The van der Waals surface area contributed by atoms with Crippen LogP contribution in [0.5, 0.6) is 0 Å². The number of hydrogen-bond acceptors (Lipinski definition) is 2. The monoisotopic (exact) mass is 245 g/mol. The largest absolute Gasteiger partial charge is 0.329 e. The number of nitrogens with two attached hydrogens (primary N) is 1. The highest BCUT2D eigenvalue weighted by atomic mass is 16.1. The first kappa shape index (κ1) is 13.3. The smallest absolute Gasteiger partial charge is 0.170 e. The molecule has 2 heteroatoms. The summed E-state index contributed by atoms with van der Waals surface area (Å²) in [5.74, 6) is 0.239. The Morgan fingerprint density at radius 1 is 1.33 bits per heavy atom. The van der Waals surface area contributed by atoms with Crippen molar-refractivity contribution >= 4 is 5.78 Å². The molecule has 1 aromatic rings. The van der Waals surface area contributed by atoms with Gasteiger partial charge in [-0.05, 0) is 36.3 Å². The lowest BCUT2D eigenvalue weighted by Crippen LogP contribution is -2.26. The van der Waals surface area contributed by atoms with Crippen LogP contribution >= 0.6 is 0 Å². The maximum atomic E-state index is 12.5. The molecule has 0 heterocycles. The van der Waals surface area contributed by atoms with Crippen LogP contribution in [-0.2, 0) is 5.41 Å². The molecule has 2 N–H and O–H groups in total. The molecule has 1 aliphatic carbocycles. The van der Waals surface area contributed by atoms with Gasteiger partial charge in [0.2, 0.25) is 0 Å². The zero-order valence-corrected chi connectivity index (χ0v) is 11.8. The van der Waals surface area contributed by atoms with Crippen LogP contribution in [0.25, 0.3) is 0 Å². The van der Waals surface area contributed by atoms with Gasteiger partial charge < -0.3 is 5.73 Å². The lowest BCUT2D eigenvalue weighted by atomic mass is 9.83. The number of carbonyl (C=O) groups excluding carboxylic acids is 1. The van der Waals surface area contributed by atoms with Crippen molar-refractivity contribution in [3.05, 3.63) is 34.9 Å². The molecule has 0 bridgehead atoms. The Kier molecular flexibility index (Phi) is 3.10. The molecule has 0 aromatic heterocycles. The SMILES string of the molecule is Cc1cc(C(C)(C)C)ccc1C(=O)C1(CN)CC1. The number of benzene rings is 1. The maximum absolute atomic E-state index is 12.5. The van der Waals surface area contributed by atoms with Crippen LogP contribution in [0.2, 0.25) is 0 Å². The van der Waals surface area contributed by atoms with E-state index in [1.807, 2.05) is 13.0 Å². The third kappa shape index (κ3) is 2.22. The Balaban J connectivity index is 2.34. The number of rotatable bonds is 3. The lowest BCUT2D eigenvalue weighted by molar-refractivity contribution is 0.0905. The highest BCUT2D eigenvalue weighted by Gasteiger charge is 2.48. The Bertz CT molecular complexity index is 478. The van der Waals surface area contributed by atoms with Gasteiger partial charge in [-0.2, -0.15) is 0 Å². The number of Topliss-reactive ketones (excluding diaryl/α,β-unsaturated/α-hetero) is 1. The standard InChI is InChI=1S/C16H23NO/c1-11-9-12(15(2,3)4)5-6-13(11)14(18)16(10-17)7-8-16/h5-6,9H,7-8,10,17H2,1-4H3. The predicted molar refractivity (Wildman–Crippen MR) is 74.9 cm³/mol. The normalized spacial score (nSPS) is 17.6. The topological polar surface area (TPSA) is 43.1 Å². The van der Waals surface area contributed by atoms with Crippen molar-refractivity contribution in [3.8, 4) is 0 Å². The van der Waals surface area contributed by atoms with Crippen molar-refractivity contribution in [1.82, 2.24) is 0 Å². The third-order valence-corrected chi connectivity index (χ3v) is 4.06. The van der Waals surface area contributed by atoms with Gasteiger partial charge in [-0.25, -0.2) is 0 Å². The summed E-state index contributed by atoms with van der Waals surface area (Å²) in [6, 6.07) is 6.20. The van der Waals surface area contributed by atoms with Gasteiger partial charge >= 0.3 is 0 Å². The molecule has 0 spiro atoms. The Morgan fingerprint density at radius 3 is 2.33 bits per heavy atom. The van der Waals surface area contributed by atoms with Crippen LogP contribution in [0.4, 0.5) is 0 Å². The Hall–Kier alpha value is -1.15. The molecule has 0 unspecified atom stereocenters. The highest BCUT2D eigenvalue weighted by molar-refractivity contribution is 6.03. The molecule has 2 rings (SSSR count). The van der Waals surface area contributed by atoms with Crippen LogP contribution in [-0.4, -0.2) is 12.3 Å². The van der Waals surface area contributed by atoms with Gasteiger partial charge in [0, 0.05) is 17.5 Å². The highest BCUT2D eigenvalue weighted by Crippen LogP contribution is 2.47. The first-order chi connectivity index (χ1) is 8.30. The van der Waals surface area contributed by atoms with Gasteiger partial charge in [0.1, 0.15) is 0 Å². The van der Waals surface area contributed by atoms with Crippen molar-refractivity contribution in [2.24, 2.45) is 11.1 Å². The Labute approximate surface area is 110 Å². The number of carbonyl (C=O) groups is 1. The zero-order valence-electron chi connectivity index (χ0n) is 11.8. The fourth-order valence-electron chi connectivity index (χ4n) is 2.35. The summed E-state index contributed by atoms with van der Waals surface area (Å²) >= 11 is 0. The van der Waals surface area contributed by atoms with Gasteiger partial charge in [0.05, 0.1) is 0 Å². The molecule has 1 saturated carbocycles. The van der Waals surface area contributed by atoms with Gasteiger partial charge in [0.25, 0.3) is 0 Å². The van der Waals surface area contributed by atoms with Gasteiger partial charge in [0.15, 0.2) is 5.78 Å². The van der Waals surface area contributed by atoms with E-state index in [-0.39, 0.29) is 16.6 Å². The minimum Gasteiger partial charge on any atom is -0.329 e. The minimum absolute atomic E-state index is 0.122. The third-order valence-electron chi connectivity index (χ3n) is 4.06. The molecular weight excluding hydrogens is 222 g/mol. The number of hydrogen-bond donors (Lipinski definition) is 1. The van der Waals surface area contributed by atoms with Crippen molar-refractivity contribution in [1.29, 1.82) is 0 Å². The summed E-state index contributed by atoms with van der Waals surface area (Å²) in [4.78, 5) is 12.5. The maximum Gasteiger partial charge on any atom is 0.170 e. The average Bonchev–Trinajstić information content (AvgIpc) is 3.07. The average molecular weight is 245 g/mol. The first-order valence-corrected chi connectivity index (χ1v) is 6.66. The molecule has 1 aliphatic rings. The molecule has 98 valence electrons. The second-order valence-electron chi connectivity index (χ2n) is 6.59. The van der Waals surface area contributed by atoms with Crippen LogP contribution in [0.15, 0.2) is 18.2 Å². The van der Waals surface area contributed by atoms with Crippen molar-refractivity contribution in [3.63, 3.8) is 0 Å². The van der Waals surface area contributed by atoms with E-state index in [0.717, 1.165) is 24.0 Å². The molecular formula is C16H23NO. The van der Waals surface area contributed by atoms with Crippen LogP contribution in [0.3, 0.4) is 0 Å². The van der Waals surface area contributed by atoms with E-state index in [1.54, 1.807) is 0 Å². The quantitative estimate of drug-likeness (QED) is 0.831. The molecule has 0 saturated heterocycles. The minimum atomic E-state index is -0.242. The Morgan fingerprint density at radius 2 is 1.94 bits per heavy atom. The molecule has 2 nitrogen and oxygen atoms in total. The van der Waals surface area contributed by atoms with Crippen molar-refractivity contribution < 1.29 is 4.79 Å². The second kappa shape index (κ2) is 4.20. The van der Waals surface area contributed by atoms with E-state index in [0.29, 0.717) is 6.54 Å². The van der Waals surface area contributed by atoms with E-state index in [2.05, 4.69) is 32.9 Å². The van der Waals surface area contributed by atoms with Crippen LogP contribution < -0.4 is 5.73 Å². The molecule has 1 fully saturated rings. The molecule has 0 atom stereocenters. The molecule has 0 radical (unpaired) electrons. The second-order valence-corrected chi connectivity index (χ2v) is 6.59. The van der Waals surface area contributed by atoms with E-state index in [9.17, 15) is 4.79 Å².